The van der Waals surface area contributed by atoms with Crippen LogP contribution in [0.5, 0.6) is 0 Å². The van der Waals surface area contributed by atoms with E-state index in [4.69, 9.17) is 4.43 Å². The van der Waals surface area contributed by atoms with Crippen LogP contribution < -0.4 is 0 Å². The molecule has 4 bridgehead atoms. The molecule has 1 heterocycles. The summed E-state index contributed by atoms with van der Waals surface area (Å²) in [5, 5.41) is -0.0509. The predicted molar refractivity (Wildman–Crippen MR) is 182 cm³/mol. The van der Waals surface area contributed by atoms with Crippen LogP contribution in [0, 0.1) is 41.1 Å². The molecule has 5 rings (SSSR count). The summed E-state index contributed by atoms with van der Waals surface area (Å²) in [6.07, 6.45) is 7.47. The molecular formula is C30H60OSi6. The molecule has 5 aliphatic rings. The maximum atomic E-state index is 8.57. The zero-order valence-electron chi connectivity index (χ0n) is 27.3. The van der Waals surface area contributed by atoms with Crippen LogP contribution in [-0.2, 0) is 4.43 Å². The van der Waals surface area contributed by atoms with Gasteiger partial charge >= 0.3 is 0 Å². The number of rotatable bonds is 5. The Labute approximate surface area is 237 Å². The van der Waals surface area contributed by atoms with Crippen molar-refractivity contribution in [2.75, 3.05) is 0 Å². The van der Waals surface area contributed by atoms with Crippen LogP contribution >= 0.6 is 0 Å². The van der Waals surface area contributed by atoms with Gasteiger partial charge in [-0.2, -0.15) is 0 Å². The normalized spacial score (nSPS) is 36.1. The minimum absolute atomic E-state index is 0.0509. The van der Waals surface area contributed by atoms with Crippen molar-refractivity contribution in [2.45, 2.75) is 136 Å². The van der Waals surface area contributed by atoms with Gasteiger partial charge in [0.25, 0.3) is 0 Å². The van der Waals surface area contributed by atoms with Crippen LogP contribution in [0.15, 0.2) is 10.4 Å². The summed E-state index contributed by atoms with van der Waals surface area (Å²) in [6, 6.07) is 0. The van der Waals surface area contributed by atoms with Crippen molar-refractivity contribution in [1.29, 1.82) is 0 Å². The number of hydrogen-bond donors (Lipinski definition) is 0. The van der Waals surface area contributed by atoms with E-state index in [-0.39, 0.29) is 5.22 Å². The molecule has 4 aliphatic carbocycles. The molecular weight excluding hydrogens is 545 g/mol. The molecule has 0 radical (unpaired) electrons. The molecule has 0 aromatic heterocycles. The monoisotopic (exact) mass is 604 g/mol. The van der Waals surface area contributed by atoms with Crippen molar-refractivity contribution < 1.29 is 4.43 Å². The Morgan fingerprint density at radius 2 is 1.11 bits per heavy atom. The summed E-state index contributed by atoms with van der Waals surface area (Å²) in [5.41, 5.74) is 5.66. The topological polar surface area (TPSA) is 9.23 Å². The highest BCUT2D eigenvalue weighted by Gasteiger charge is 2.74. The molecule has 4 fully saturated rings. The average Bonchev–Trinajstić information content (AvgIpc) is 2.98. The molecule has 0 spiro atoms. The first-order valence-corrected chi connectivity index (χ1v) is 36.9. The predicted octanol–water partition coefficient (Wildman–Crippen LogP) is 9.08. The van der Waals surface area contributed by atoms with Crippen molar-refractivity contribution in [3.05, 3.63) is 10.4 Å². The third kappa shape index (κ3) is 4.78. The average molecular weight is 605 g/mol. The van der Waals surface area contributed by atoms with Crippen molar-refractivity contribution in [3.63, 3.8) is 0 Å². The molecule has 210 valence electrons. The fourth-order valence-corrected chi connectivity index (χ4v) is 75.2. The summed E-state index contributed by atoms with van der Waals surface area (Å²) in [4.78, 5) is 1.94. The van der Waals surface area contributed by atoms with Crippen LogP contribution in [0.25, 0.3) is 0 Å². The van der Waals surface area contributed by atoms with Gasteiger partial charge in [-0.3, -0.25) is 0 Å². The zero-order valence-corrected chi connectivity index (χ0v) is 33.3. The smallest absolute Gasteiger partial charge is 0.190 e. The van der Waals surface area contributed by atoms with E-state index in [2.05, 4.69) is 110 Å². The van der Waals surface area contributed by atoms with Gasteiger partial charge in [0.15, 0.2) is 7.35 Å². The Kier molecular flexibility index (Phi) is 7.45. The van der Waals surface area contributed by atoms with Crippen molar-refractivity contribution in [2.24, 2.45) is 29.6 Å². The Morgan fingerprint density at radius 1 is 0.676 bits per heavy atom. The van der Waals surface area contributed by atoms with E-state index in [0.29, 0.717) is 0 Å². The van der Waals surface area contributed by atoms with Crippen LogP contribution in [0.2, 0.25) is 98.2 Å². The molecule has 7 heteroatoms. The van der Waals surface area contributed by atoms with E-state index < -0.39 is 46.8 Å². The Morgan fingerprint density at radius 3 is 1.43 bits per heavy atom. The van der Waals surface area contributed by atoms with Gasteiger partial charge in [0.2, 0.25) is 0 Å². The Bertz CT molecular complexity index is 972. The lowest BCUT2D eigenvalue weighted by atomic mass is 9.50. The molecule has 0 saturated heterocycles. The molecule has 0 aromatic carbocycles. The molecule has 4 saturated carbocycles. The molecule has 0 aromatic rings. The lowest BCUT2D eigenvalue weighted by Crippen LogP contribution is -2.78. The summed E-state index contributed by atoms with van der Waals surface area (Å²) in [7, 11) is -10.5. The van der Waals surface area contributed by atoms with Gasteiger partial charge in [0.05, 0.1) is 36.6 Å². The first kappa shape index (κ1) is 30.5. The van der Waals surface area contributed by atoms with E-state index in [9.17, 15) is 0 Å². The van der Waals surface area contributed by atoms with Gasteiger partial charge in [0, 0.05) is 5.57 Å². The highest BCUT2D eigenvalue weighted by Crippen LogP contribution is 2.66. The lowest BCUT2D eigenvalue weighted by Gasteiger charge is -2.63. The van der Waals surface area contributed by atoms with Gasteiger partial charge in [-0.05, 0) is 61.7 Å². The van der Waals surface area contributed by atoms with Crippen LogP contribution in [0.4, 0.5) is 0 Å². The highest BCUT2D eigenvalue weighted by molar-refractivity contribution is 7.71. The Balaban J connectivity index is 2.15. The van der Waals surface area contributed by atoms with E-state index >= 15 is 0 Å². The summed E-state index contributed by atoms with van der Waals surface area (Å²) >= 11 is 0. The van der Waals surface area contributed by atoms with E-state index in [1.54, 1.807) is 5.57 Å². The SMILES string of the molecule is C[Si](C)(C)C#CC1=C([Si](C)(C)C)[Si]([Si](C)(C)C)([Si](C)(C)C)OC1(C1C2CC3CC(C2)CC1C3)[Si](C)(C)C. The van der Waals surface area contributed by atoms with Gasteiger partial charge < -0.3 is 4.43 Å². The lowest BCUT2D eigenvalue weighted by molar-refractivity contribution is -0.0871. The Hall–Kier alpha value is 0.561. The highest BCUT2D eigenvalue weighted by atomic mass is 29.7. The second kappa shape index (κ2) is 9.03. The van der Waals surface area contributed by atoms with Gasteiger partial charge in [0.1, 0.15) is 8.07 Å². The maximum Gasteiger partial charge on any atom is 0.190 e. The fourth-order valence-electron chi connectivity index (χ4n) is 10.0. The third-order valence-corrected chi connectivity index (χ3v) is 55.2. The van der Waals surface area contributed by atoms with Gasteiger partial charge in [-0.25, -0.2) is 0 Å². The fraction of sp³-hybridized carbons (Fsp3) is 0.867. The van der Waals surface area contributed by atoms with Gasteiger partial charge in [-0.15, -0.1) is 5.54 Å². The summed E-state index contributed by atoms with van der Waals surface area (Å²) < 4.78 is 8.57. The molecule has 1 nitrogen and oxygen atoms in total. The summed E-state index contributed by atoms with van der Waals surface area (Å²) in [5.74, 6) is 8.69. The van der Waals surface area contributed by atoms with Crippen molar-refractivity contribution in [1.82, 2.24) is 0 Å². The molecule has 1 atom stereocenters. The van der Waals surface area contributed by atoms with Crippen molar-refractivity contribution >= 4 is 46.8 Å². The van der Waals surface area contributed by atoms with E-state index in [1.165, 1.54) is 32.1 Å². The minimum Gasteiger partial charge on any atom is -0.411 e. The second-order valence-electron chi connectivity index (χ2n) is 18.7. The molecule has 1 unspecified atom stereocenters. The van der Waals surface area contributed by atoms with Crippen LogP contribution in [-0.4, -0.2) is 52.0 Å². The minimum atomic E-state index is -2.18. The quantitative estimate of drug-likeness (QED) is 0.225. The second-order valence-corrected chi connectivity index (χ2v) is 60.0. The van der Waals surface area contributed by atoms with Gasteiger partial charge in [-0.1, -0.05) is 109 Å². The first-order valence-electron chi connectivity index (χ1n) is 15.4. The first-order chi connectivity index (χ1) is 16.5. The largest absolute Gasteiger partial charge is 0.411 e. The summed E-state index contributed by atoms with van der Waals surface area (Å²) in [6.45, 7) is 39.7. The van der Waals surface area contributed by atoms with E-state index in [1.807, 2.05) is 4.82 Å². The van der Waals surface area contributed by atoms with Crippen LogP contribution in [0.1, 0.15) is 32.1 Å². The zero-order chi connectivity index (χ0) is 28.2. The third-order valence-electron chi connectivity index (χ3n) is 10.5. The molecule has 0 N–H and O–H groups in total. The molecule has 0 amide bonds. The standard InChI is InChI=1S/C30H60OSi6/c1-32(2,3)17-16-27-29(33(4,5)6)37(35(10,11)12,36(13,14)15)31-30(27,34(7,8)9)28-25-19-23-18-24(21-25)22-26(28)20-23/h23-26,28H,18-22H2,1-15H3. The maximum absolute atomic E-state index is 8.57. The van der Waals surface area contributed by atoms with E-state index in [0.717, 1.165) is 29.6 Å². The van der Waals surface area contributed by atoms with Crippen molar-refractivity contribution in [3.8, 4) is 11.5 Å². The number of hydrogen-bond acceptors (Lipinski definition) is 1. The van der Waals surface area contributed by atoms with Crippen LogP contribution in [0.3, 0.4) is 0 Å². The molecule has 37 heavy (non-hydrogen) atoms. The molecule has 1 aliphatic heterocycles.